The van der Waals surface area contributed by atoms with E-state index in [1.165, 1.54) is 11.9 Å². The molecule has 0 aliphatic carbocycles. The molecule has 1 saturated heterocycles. The molecule has 0 aromatic rings. The molecule has 1 atom stereocenters. The lowest BCUT2D eigenvalue weighted by molar-refractivity contribution is -0.142. The zero-order valence-electron chi connectivity index (χ0n) is 8.32. The Labute approximate surface area is 83.1 Å². The van der Waals surface area contributed by atoms with Gasteiger partial charge in [0.25, 0.3) is 0 Å². The van der Waals surface area contributed by atoms with Crippen molar-refractivity contribution in [2.24, 2.45) is 0 Å². The number of nitrogens with one attached hydrogen (secondary N) is 1. The van der Waals surface area contributed by atoms with Crippen molar-refractivity contribution in [2.45, 2.75) is 31.7 Å². The summed E-state index contributed by atoms with van der Waals surface area (Å²) in [7, 11) is 1.52. The summed E-state index contributed by atoms with van der Waals surface area (Å²) < 4.78 is 0. The average Bonchev–Trinajstić information content (AvgIpc) is 2.41. The molecule has 1 heterocycles. The van der Waals surface area contributed by atoms with Gasteiger partial charge in [-0.2, -0.15) is 0 Å². The van der Waals surface area contributed by atoms with Gasteiger partial charge in [-0.3, -0.25) is 0 Å². The van der Waals surface area contributed by atoms with Crippen LogP contribution in [-0.4, -0.2) is 41.6 Å². The van der Waals surface area contributed by atoms with Crippen LogP contribution in [0.4, 0.5) is 4.79 Å². The summed E-state index contributed by atoms with van der Waals surface area (Å²) in [5, 5.41) is 11.4. The number of carbonyl (C=O) groups excluding carboxylic acids is 1. The molecule has 1 rings (SSSR count). The van der Waals surface area contributed by atoms with Crippen LogP contribution in [0.15, 0.2) is 0 Å². The Morgan fingerprint density at radius 2 is 2.07 bits per heavy atom. The van der Waals surface area contributed by atoms with Crippen LogP contribution in [0.1, 0.15) is 25.7 Å². The number of urea groups is 1. The second-order valence-electron chi connectivity index (χ2n) is 3.45. The summed E-state index contributed by atoms with van der Waals surface area (Å²) in [6, 6.07) is -0.947. The molecule has 2 amide bonds. The average molecular weight is 200 g/mol. The molecule has 0 bridgehead atoms. The number of aliphatic carboxylic acids is 1. The van der Waals surface area contributed by atoms with Crippen molar-refractivity contribution >= 4 is 12.0 Å². The van der Waals surface area contributed by atoms with Gasteiger partial charge in [0, 0.05) is 13.6 Å². The molecule has 5 nitrogen and oxygen atoms in total. The molecule has 80 valence electrons. The molecule has 0 aromatic carbocycles. The molecule has 1 aliphatic heterocycles. The molecule has 14 heavy (non-hydrogen) atoms. The van der Waals surface area contributed by atoms with Crippen molar-refractivity contribution in [3.05, 3.63) is 0 Å². The van der Waals surface area contributed by atoms with Crippen LogP contribution in [0.3, 0.4) is 0 Å². The molecule has 2 N–H and O–H groups in total. The fourth-order valence-electron chi connectivity index (χ4n) is 1.75. The normalized spacial score (nSPS) is 22.6. The Kier molecular flexibility index (Phi) is 3.73. The van der Waals surface area contributed by atoms with E-state index in [9.17, 15) is 9.59 Å². The van der Waals surface area contributed by atoms with Gasteiger partial charge >= 0.3 is 12.0 Å². The predicted octanol–water partition coefficient (Wildman–Crippen LogP) is 0.655. The topological polar surface area (TPSA) is 69.6 Å². The summed E-state index contributed by atoms with van der Waals surface area (Å²) in [6.07, 6.45) is 3.32. The van der Waals surface area contributed by atoms with Crippen molar-refractivity contribution in [2.75, 3.05) is 13.6 Å². The maximum Gasteiger partial charge on any atom is 0.326 e. The lowest BCUT2D eigenvalue weighted by atomic mass is 10.1. The van der Waals surface area contributed by atoms with Crippen LogP contribution in [0.25, 0.3) is 0 Å². The van der Waals surface area contributed by atoms with Crippen molar-refractivity contribution in [3.63, 3.8) is 0 Å². The first-order valence-corrected chi connectivity index (χ1v) is 4.88. The van der Waals surface area contributed by atoms with Gasteiger partial charge in [0.2, 0.25) is 0 Å². The van der Waals surface area contributed by atoms with Gasteiger partial charge in [0.1, 0.15) is 6.04 Å². The number of rotatable bonds is 1. The van der Waals surface area contributed by atoms with Crippen molar-refractivity contribution < 1.29 is 14.7 Å². The number of hydrogen-bond donors (Lipinski definition) is 2. The first-order chi connectivity index (χ1) is 6.66. The van der Waals surface area contributed by atoms with Gasteiger partial charge in [-0.1, -0.05) is 12.8 Å². The summed E-state index contributed by atoms with van der Waals surface area (Å²) in [4.78, 5) is 23.7. The van der Waals surface area contributed by atoms with E-state index in [0.29, 0.717) is 13.0 Å². The van der Waals surface area contributed by atoms with Crippen LogP contribution in [0, 0.1) is 0 Å². The molecule has 1 unspecified atom stereocenters. The first-order valence-electron chi connectivity index (χ1n) is 4.88. The quantitative estimate of drug-likeness (QED) is 0.653. The lowest BCUT2D eigenvalue weighted by Crippen LogP contribution is -2.48. The number of nitrogens with zero attached hydrogens (tertiary/aromatic N) is 1. The molecule has 5 heteroatoms. The monoisotopic (exact) mass is 200 g/mol. The van der Waals surface area contributed by atoms with E-state index < -0.39 is 12.0 Å². The largest absolute Gasteiger partial charge is 0.480 e. The fourth-order valence-corrected chi connectivity index (χ4v) is 1.75. The van der Waals surface area contributed by atoms with E-state index in [-0.39, 0.29) is 6.03 Å². The van der Waals surface area contributed by atoms with Gasteiger partial charge in [-0.15, -0.1) is 0 Å². The maximum atomic E-state index is 11.4. The highest BCUT2D eigenvalue weighted by molar-refractivity contribution is 5.82. The SMILES string of the molecule is CNC(=O)N1CCCCCC1C(=O)O. The van der Waals surface area contributed by atoms with E-state index in [0.717, 1.165) is 19.3 Å². The third-order valence-corrected chi connectivity index (χ3v) is 2.51. The van der Waals surface area contributed by atoms with Crippen LogP contribution in [0.2, 0.25) is 0 Å². The highest BCUT2D eigenvalue weighted by Crippen LogP contribution is 2.16. The molecule has 0 saturated carbocycles. The molecular weight excluding hydrogens is 184 g/mol. The Balaban J connectivity index is 2.73. The summed E-state index contributed by atoms with van der Waals surface area (Å²) in [5.74, 6) is -0.907. The van der Waals surface area contributed by atoms with Crippen LogP contribution in [0.5, 0.6) is 0 Å². The molecule has 0 spiro atoms. The van der Waals surface area contributed by atoms with Gasteiger partial charge < -0.3 is 15.3 Å². The number of amides is 2. The van der Waals surface area contributed by atoms with Crippen molar-refractivity contribution in [1.82, 2.24) is 10.2 Å². The van der Waals surface area contributed by atoms with E-state index in [2.05, 4.69) is 5.32 Å². The van der Waals surface area contributed by atoms with E-state index >= 15 is 0 Å². The third kappa shape index (κ3) is 2.37. The molecule has 0 aromatic heterocycles. The highest BCUT2D eigenvalue weighted by Gasteiger charge is 2.29. The fraction of sp³-hybridized carbons (Fsp3) is 0.778. The first kappa shape index (κ1) is 10.8. The van der Waals surface area contributed by atoms with Crippen molar-refractivity contribution in [1.29, 1.82) is 0 Å². The lowest BCUT2D eigenvalue weighted by Gasteiger charge is -2.26. The Bertz CT molecular complexity index is 230. The van der Waals surface area contributed by atoms with Gasteiger partial charge in [-0.25, -0.2) is 9.59 Å². The minimum atomic E-state index is -0.907. The maximum absolute atomic E-state index is 11.4. The molecular formula is C9H16N2O3. The minimum absolute atomic E-state index is 0.292. The number of carboxylic acids is 1. The molecule has 0 radical (unpaired) electrons. The van der Waals surface area contributed by atoms with Gasteiger partial charge in [0.05, 0.1) is 0 Å². The summed E-state index contributed by atoms with van der Waals surface area (Å²) in [5.41, 5.74) is 0. The van der Waals surface area contributed by atoms with E-state index in [1.54, 1.807) is 0 Å². The van der Waals surface area contributed by atoms with Crippen molar-refractivity contribution in [3.8, 4) is 0 Å². The van der Waals surface area contributed by atoms with Crippen LogP contribution in [-0.2, 0) is 4.79 Å². The minimum Gasteiger partial charge on any atom is -0.480 e. The predicted molar refractivity (Wildman–Crippen MR) is 51.1 cm³/mol. The zero-order valence-corrected chi connectivity index (χ0v) is 8.32. The van der Waals surface area contributed by atoms with E-state index in [1.807, 2.05) is 0 Å². The number of carbonyl (C=O) groups is 2. The summed E-state index contributed by atoms with van der Waals surface area (Å²) in [6.45, 7) is 0.538. The second-order valence-corrected chi connectivity index (χ2v) is 3.45. The third-order valence-electron chi connectivity index (χ3n) is 2.51. The molecule has 1 fully saturated rings. The highest BCUT2D eigenvalue weighted by atomic mass is 16.4. The summed E-state index contributed by atoms with van der Waals surface area (Å²) >= 11 is 0. The number of likely N-dealkylation sites (tertiary alicyclic amines) is 1. The van der Waals surface area contributed by atoms with Gasteiger partial charge in [0.15, 0.2) is 0 Å². The molecule has 1 aliphatic rings. The van der Waals surface area contributed by atoms with Crippen LogP contribution >= 0.6 is 0 Å². The number of carboxylic acid groups (broad SMARTS) is 1. The smallest absolute Gasteiger partial charge is 0.326 e. The second kappa shape index (κ2) is 4.83. The Hall–Kier alpha value is -1.26. The van der Waals surface area contributed by atoms with Gasteiger partial charge in [-0.05, 0) is 12.8 Å². The Morgan fingerprint density at radius 1 is 1.36 bits per heavy atom. The standard InChI is InChI=1S/C9H16N2O3/c1-10-9(14)11-6-4-2-3-5-7(11)8(12)13/h7H,2-6H2,1H3,(H,10,14)(H,12,13). The van der Waals surface area contributed by atoms with E-state index in [4.69, 9.17) is 5.11 Å². The van der Waals surface area contributed by atoms with Crippen LogP contribution < -0.4 is 5.32 Å². The Morgan fingerprint density at radius 3 is 2.64 bits per heavy atom. The number of hydrogen-bond acceptors (Lipinski definition) is 2. The zero-order chi connectivity index (χ0) is 10.6.